The third-order valence-corrected chi connectivity index (χ3v) is 4.24. The Bertz CT molecular complexity index is 610. The maximum atomic E-state index is 9.46. The molecule has 2 aromatic rings. The lowest BCUT2D eigenvalue weighted by Gasteiger charge is -2.15. The van der Waals surface area contributed by atoms with Gasteiger partial charge in [-0.15, -0.1) is 0 Å². The van der Waals surface area contributed by atoms with Crippen molar-refractivity contribution >= 4 is 10.8 Å². The van der Waals surface area contributed by atoms with Crippen molar-refractivity contribution < 1.29 is 9.84 Å². The zero-order valence-electron chi connectivity index (χ0n) is 15.1. The van der Waals surface area contributed by atoms with E-state index < -0.39 is 0 Å². The molecule has 0 heterocycles. The number of hydrogen-bond donors (Lipinski definition) is 2. The molecule has 0 aliphatic rings. The molecule has 3 heteroatoms. The monoisotopic (exact) mass is 329 g/mol. The van der Waals surface area contributed by atoms with Crippen LogP contribution in [0, 0.1) is 0 Å². The molecule has 2 N–H and O–H groups in total. The Morgan fingerprint density at radius 3 is 2.62 bits per heavy atom. The van der Waals surface area contributed by atoms with Gasteiger partial charge in [-0.05, 0) is 30.2 Å². The molecule has 0 saturated heterocycles. The Labute approximate surface area is 146 Å². The molecule has 1 unspecified atom stereocenters. The van der Waals surface area contributed by atoms with Gasteiger partial charge in [0.15, 0.2) is 0 Å². The van der Waals surface area contributed by atoms with Crippen LogP contribution in [0.4, 0.5) is 0 Å². The molecule has 2 aromatic carbocycles. The van der Waals surface area contributed by atoms with Crippen LogP contribution in [0.3, 0.4) is 0 Å². The minimum atomic E-state index is -0.345. The highest BCUT2D eigenvalue weighted by Gasteiger charge is 2.09. The molecular formula is C21H31NO2. The Balaban J connectivity index is 2.03. The van der Waals surface area contributed by atoms with Gasteiger partial charge in [-0.1, -0.05) is 62.9 Å². The Morgan fingerprint density at radius 2 is 1.83 bits per heavy atom. The van der Waals surface area contributed by atoms with E-state index in [1.807, 2.05) is 0 Å². The van der Waals surface area contributed by atoms with E-state index in [-0.39, 0.29) is 6.10 Å². The van der Waals surface area contributed by atoms with E-state index in [0.717, 1.165) is 18.8 Å². The summed E-state index contributed by atoms with van der Waals surface area (Å²) >= 11 is 0. The highest BCUT2D eigenvalue weighted by Crippen LogP contribution is 2.28. The standard InChI is InChI=1S/C21H31NO2/c1-3-4-5-6-9-14-24-21-13-12-18-10-7-8-11-19(18)20(21)16-22-15-17(2)23/h7-8,10-13,17,22-23H,3-6,9,14-16H2,1-2H3. The van der Waals surface area contributed by atoms with Crippen LogP contribution in [0.15, 0.2) is 36.4 Å². The number of unbranched alkanes of at least 4 members (excludes halogenated alkanes) is 4. The molecule has 0 aromatic heterocycles. The van der Waals surface area contributed by atoms with Crippen molar-refractivity contribution in [3.05, 3.63) is 42.0 Å². The lowest BCUT2D eigenvalue weighted by Crippen LogP contribution is -2.24. The van der Waals surface area contributed by atoms with Crippen LogP contribution < -0.4 is 10.1 Å². The third kappa shape index (κ3) is 5.81. The molecule has 2 rings (SSSR count). The van der Waals surface area contributed by atoms with Crippen molar-refractivity contribution in [1.29, 1.82) is 0 Å². The predicted molar refractivity (Wildman–Crippen MR) is 102 cm³/mol. The summed E-state index contributed by atoms with van der Waals surface area (Å²) in [5, 5.41) is 15.2. The molecular weight excluding hydrogens is 298 g/mol. The lowest BCUT2D eigenvalue weighted by molar-refractivity contribution is 0.190. The van der Waals surface area contributed by atoms with Crippen molar-refractivity contribution in [2.24, 2.45) is 0 Å². The van der Waals surface area contributed by atoms with Gasteiger partial charge < -0.3 is 15.2 Å². The van der Waals surface area contributed by atoms with Gasteiger partial charge in [-0.2, -0.15) is 0 Å². The highest BCUT2D eigenvalue weighted by atomic mass is 16.5. The number of ether oxygens (including phenoxy) is 1. The first-order chi connectivity index (χ1) is 11.7. The smallest absolute Gasteiger partial charge is 0.124 e. The van der Waals surface area contributed by atoms with Crippen molar-refractivity contribution in [2.75, 3.05) is 13.2 Å². The van der Waals surface area contributed by atoms with Gasteiger partial charge in [0.1, 0.15) is 5.75 Å². The second-order valence-electron chi connectivity index (χ2n) is 6.51. The minimum Gasteiger partial charge on any atom is -0.493 e. The van der Waals surface area contributed by atoms with E-state index in [1.54, 1.807) is 6.92 Å². The second-order valence-corrected chi connectivity index (χ2v) is 6.51. The average molecular weight is 329 g/mol. The molecule has 1 atom stereocenters. The van der Waals surface area contributed by atoms with Gasteiger partial charge in [-0.3, -0.25) is 0 Å². The first-order valence-corrected chi connectivity index (χ1v) is 9.24. The van der Waals surface area contributed by atoms with Crippen LogP contribution in [0.2, 0.25) is 0 Å². The zero-order valence-corrected chi connectivity index (χ0v) is 15.1. The normalized spacial score (nSPS) is 12.5. The molecule has 24 heavy (non-hydrogen) atoms. The molecule has 0 aliphatic carbocycles. The molecule has 132 valence electrons. The summed E-state index contributed by atoms with van der Waals surface area (Å²) < 4.78 is 6.08. The van der Waals surface area contributed by atoms with E-state index in [0.29, 0.717) is 13.1 Å². The summed E-state index contributed by atoms with van der Waals surface area (Å²) in [5.74, 6) is 0.960. The Kier molecular flexibility index (Phi) is 8.06. The van der Waals surface area contributed by atoms with Crippen LogP contribution in [0.1, 0.15) is 51.5 Å². The fourth-order valence-electron chi connectivity index (χ4n) is 2.93. The predicted octanol–water partition coefficient (Wildman–Crippen LogP) is 4.66. The molecule has 0 saturated carbocycles. The quantitative estimate of drug-likeness (QED) is 0.589. The SMILES string of the molecule is CCCCCCCOc1ccc2ccccc2c1CNCC(C)O. The summed E-state index contributed by atoms with van der Waals surface area (Å²) in [7, 11) is 0. The second kappa shape index (κ2) is 10.3. The number of nitrogens with one attached hydrogen (secondary N) is 1. The van der Waals surface area contributed by atoms with Gasteiger partial charge in [0.2, 0.25) is 0 Å². The van der Waals surface area contributed by atoms with Crippen molar-refractivity contribution in [3.8, 4) is 5.75 Å². The number of fused-ring (bicyclic) bond motifs is 1. The largest absolute Gasteiger partial charge is 0.493 e. The number of aliphatic hydroxyl groups is 1. The Hall–Kier alpha value is -1.58. The van der Waals surface area contributed by atoms with E-state index in [9.17, 15) is 5.11 Å². The summed E-state index contributed by atoms with van der Waals surface area (Å²) in [6, 6.07) is 12.6. The minimum absolute atomic E-state index is 0.345. The van der Waals surface area contributed by atoms with Gasteiger partial charge in [0, 0.05) is 18.7 Å². The topological polar surface area (TPSA) is 41.5 Å². The van der Waals surface area contributed by atoms with E-state index >= 15 is 0 Å². The van der Waals surface area contributed by atoms with Crippen molar-refractivity contribution in [1.82, 2.24) is 5.32 Å². The molecule has 0 amide bonds. The van der Waals surface area contributed by atoms with Crippen LogP contribution >= 0.6 is 0 Å². The fraction of sp³-hybridized carbons (Fsp3) is 0.524. The maximum absolute atomic E-state index is 9.46. The van der Waals surface area contributed by atoms with E-state index in [1.165, 1.54) is 42.0 Å². The number of rotatable bonds is 11. The fourth-order valence-corrected chi connectivity index (χ4v) is 2.93. The van der Waals surface area contributed by atoms with Crippen molar-refractivity contribution in [2.45, 2.75) is 58.6 Å². The lowest BCUT2D eigenvalue weighted by atomic mass is 10.0. The number of aliphatic hydroxyl groups excluding tert-OH is 1. The first kappa shape index (κ1) is 18.8. The van der Waals surface area contributed by atoms with Crippen molar-refractivity contribution in [3.63, 3.8) is 0 Å². The summed E-state index contributed by atoms with van der Waals surface area (Å²) in [5.41, 5.74) is 1.18. The molecule has 0 bridgehead atoms. The van der Waals surface area contributed by atoms with Gasteiger partial charge in [-0.25, -0.2) is 0 Å². The third-order valence-electron chi connectivity index (χ3n) is 4.24. The molecule has 0 fully saturated rings. The van der Waals surface area contributed by atoms with Gasteiger partial charge in [0.05, 0.1) is 12.7 Å². The molecule has 0 spiro atoms. The van der Waals surface area contributed by atoms with Crippen LogP contribution in [-0.2, 0) is 6.54 Å². The summed E-state index contributed by atoms with van der Waals surface area (Å²) in [6.07, 6.45) is 5.86. The molecule has 0 radical (unpaired) electrons. The Morgan fingerprint density at radius 1 is 1.04 bits per heavy atom. The van der Waals surface area contributed by atoms with E-state index in [4.69, 9.17) is 4.74 Å². The number of benzene rings is 2. The van der Waals surface area contributed by atoms with Crippen LogP contribution in [0.25, 0.3) is 10.8 Å². The molecule has 0 aliphatic heterocycles. The van der Waals surface area contributed by atoms with E-state index in [2.05, 4.69) is 48.6 Å². The average Bonchev–Trinajstić information content (AvgIpc) is 2.58. The van der Waals surface area contributed by atoms with Gasteiger partial charge in [0.25, 0.3) is 0 Å². The zero-order chi connectivity index (χ0) is 17.2. The van der Waals surface area contributed by atoms with Crippen LogP contribution in [-0.4, -0.2) is 24.4 Å². The summed E-state index contributed by atoms with van der Waals surface area (Å²) in [6.45, 7) is 6.09. The highest BCUT2D eigenvalue weighted by molar-refractivity contribution is 5.87. The van der Waals surface area contributed by atoms with Crippen LogP contribution in [0.5, 0.6) is 5.75 Å². The maximum Gasteiger partial charge on any atom is 0.124 e. The first-order valence-electron chi connectivity index (χ1n) is 9.24. The molecule has 3 nitrogen and oxygen atoms in total. The van der Waals surface area contributed by atoms with Gasteiger partial charge >= 0.3 is 0 Å². The number of hydrogen-bond acceptors (Lipinski definition) is 3. The summed E-state index contributed by atoms with van der Waals surface area (Å²) in [4.78, 5) is 0.